The number of carbonyl (C=O) groups is 1. The second-order valence-corrected chi connectivity index (χ2v) is 4.68. The number of thioether (sulfide) groups is 1. The van der Waals surface area contributed by atoms with Crippen LogP contribution in [0.25, 0.3) is 0 Å². The summed E-state index contributed by atoms with van der Waals surface area (Å²) in [6, 6.07) is 0. The lowest BCUT2D eigenvalue weighted by atomic mass is 10.2. The van der Waals surface area contributed by atoms with E-state index in [9.17, 15) is 4.79 Å². The van der Waals surface area contributed by atoms with E-state index in [2.05, 4.69) is 23.5 Å². The van der Waals surface area contributed by atoms with E-state index >= 15 is 0 Å². The van der Waals surface area contributed by atoms with Gasteiger partial charge >= 0.3 is 5.97 Å². The number of carbonyl (C=O) groups excluding carboxylic acids is 1. The lowest BCUT2D eigenvalue weighted by Gasteiger charge is -2.17. The van der Waals surface area contributed by atoms with Crippen LogP contribution in [-0.4, -0.2) is 49.1 Å². The normalized spacial score (nSPS) is 12.9. The minimum Gasteiger partial charge on any atom is -0.469 e. The fourth-order valence-corrected chi connectivity index (χ4v) is 2.31. The van der Waals surface area contributed by atoms with E-state index in [1.807, 2.05) is 18.7 Å². The van der Waals surface area contributed by atoms with Gasteiger partial charge in [-0.3, -0.25) is 4.79 Å². The highest BCUT2D eigenvalue weighted by atomic mass is 32.2. The Morgan fingerprint density at radius 1 is 1.40 bits per heavy atom. The molecule has 3 nitrogen and oxygen atoms in total. The molecule has 0 aliphatic carbocycles. The summed E-state index contributed by atoms with van der Waals surface area (Å²) in [4.78, 5) is 13.5. The van der Waals surface area contributed by atoms with Crippen molar-refractivity contribution in [3.63, 3.8) is 0 Å². The van der Waals surface area contributed by atoms with Gasteiger partial charge in [0.1, 0.15) is 0 Å². The smallest absolute Gasteiger partial charge is 0.309 e. The molecule has 4 heteroatoms. The van der Waals surface area contributed by atoms with Crippen molar-refractivity contribution in [1.29, 1.82) is 0 Å². The minimum absolute atomic E-state index is 0.0108. The average molecular weight is 233 g/mol. The lowest BCUT2D eigenvalue weighted by molar-refractivity contribution is -0.143. The summed E-state index contributed by atoms with van der Waals surface area (Å²) >= 11 is 1.82. The van der Waals surface area contributed by atoms with Crippen LogP contribution in [0, 0.1) is 5.92 Å². The third-order valence-corrected chi connectivity index (χ3v) is 3.62. The van der Waals surface area contributed by atoms with Gasteiger partial charge < -0.3 is 9.64 Å². The molecule has 0 rings (SSSR count). The number of methoxy groups -OCH3 is 1. The first-order valence-corrected chi connectivity index (χ1v) is 6.69. The average Bonchev–Trinajstić information content (AvgIpc) is 2.27. The van der Waals surface area contributed by atoms with Gasteiger partial charge in [-0.25, -0.2) is 0 Å². The van der Waals surface area contributed by atoms with Crippen LogP contribution >= 0.6 is 11.8 Å². The van der Waals surface area contributed by atoms with E-state index in [0.717, 1.165) is 31.1 Å². The third-order valence-electron chi connectivity index (χ3n) is 2.42. The fourth-order valence-electron chi connectivity index (χ4n) is 1.26. The molecule has 0 heterocycles. The molecule has 0 aliphatic heterocycles. The van der Waals surface area contributed by atoms with E-state index in [1.54, 1.807) is 0 Å². The van der Waals surface area contributed by atoms with Crippen molar-refractivity contribution in [2.45, 2.75) is 20.8 Å². The van der Waals surface area contributed by atoms with Crippen molar-refractivity contribution < 1.29 is 9.53 Å². The molecule has 0 aromatic heterocycles. The molecular formula is C11H23NO2S. The second-order valence-electron chi connectivity index (χ2n) is 3.53. The molecule has 0 aromatic carbocycles. The molecule has 0 amide bonds. The molecule has 0 aromatic rings. The first-order chi connectivity index (χ1) is 7.15. The van der Waals surface area contributed by atoms with Gasteiger partial charge in [-0.05, 0) is 13.1 Å². The number of nitrogens with zero attached hydrogens (tertiary/aromatic N) is 1. The van der Waals surface area contributed by atoms with Gasteiger partial charge in [0.05, 0.1) is 13.0 Å². The zero-order chi connectivity index (χ0) is 11.7. The Bertz CT molecular complexity index is 172. The predicted octanol–water partition coefficient (Wildman–Crippen LogP) is 1.87. The van der Waals surface area contributed by atoms with Crippen LogP contribution in [0.5, 0.6) is 0 Å². The molecule has 0 radical (unpaired) electrons. The zero-order valence-electron chi connectivity index (χ0n) is 10.3. The largest absolute Gasteiger partial charge is 0.469 e. The highest BCUT2D eigenvalue weighted by Crippen LogP contribution is 2.09. The Hall–Kier alpha value is -0.220. The number of hydrogen-bond donors (Lipinski definition) is 0. The minimum atomic E-state index is -0.106. The molecular weight excluding hydrogens is 210 g/mol. The first-order valence-electron chi connectivity index (χ1n) is 5.53. The summed E-state index contributed by atoms with van der Waals surface area (Å²) in [5.74, 6) is 1.85. The topological polar surface area (TPSA) is 29.5 Å². The SMILES string of the molecule is CCN(CC)CCSCC(C)C(=O)OC. The molecule has 0 saturated heterocycles. The van der Waals surface area contributed by atoms with Crippen molar-refractivity contribution in [2.75, 3.05) is 38.2 Å². The van der Waals surface area contributed by atoms with Gasteiger partial charge in [0, 0.05) is 18.1 Å². The highest BCUT2D eigenvalue weighted by molar-refractivity contribution is 7.99. The molecule has 0 saturated carbocycles. The van der Waals surface area contributed by atoms with Crippen LogP contribution in [0.1, 0.15) is 20.8 Å². The molecule has 1 unspecified atom stereocenters. The van der Waals surface area contributed by atoms with Crippen LogP contribution in [0.15, 0.2) is 0 Å². The Morgan fingerprint density at radius 2 is 2.00 bits per heavy atom. The Morgan fingerprint density at radius 3 is 2.47 bits per heavy atom. The summed E-state index contributed by atoms with van der Waals surface area (Å²) in [7, 11) is 1.44. The quantitative estimate of drug-likeness (QED) is 0.473. The van der Waals surface area contributed by atoms with Crippen LogP contribution in [0.4, 0.5) is 0 Å². The number of hydrogen-bond acceptors (Lipinski definition) is 4. The van der Waals surface area contributed by atoms with E-state index < -0.39 is 0 Å². The predicted molar refractivity (Wildman–Crippen MR) is 66.3 cm³/mol. The standard InChI is InChI=1S/C11H23NO2S/c1-5-12(6-2)7-8-15-9-10(3)11(13)14-4/h10H,5-9H2,1-4H3. The van der Waals surface area contributed by atoms with E-state index in [-0.39, 0.29) is 11.9 Å². The van der Waals surface area contributed by atoms with Gasteiger partial charge in [0.15, 0.2) is 0 Å². The van der Waals surface area contributed by atoms with Crippen LogP contribution in [-0.2, 0) is 9.53 Å². The van der Waals surface area contributed by atoms with Crippen molar-refractivity contribution in [3.8, 4) is 0 Å². The maximum absolute atomic E-state index is 11.1. The molecule has 0 aliphatic rings. The van der Waals surface area contributed by atoms with Crippen LogP contribution in [0.3, 0.4) is 0 Å². The first kappa shape index (κ1) is 14.8. The molecule has 0 N–H and O–H groups in total. The van der Waals surface area contributed by atoms with Crippen molar-refractivity contribution in [2.24, 2.45) is 5.92 Å². The third kappa shape index (κ3) is 6.79. The van der Waals surface area contributed by atoms with Gasteiger partial charge in [-0.2, -0.15) is 11.8 Å². The number of esters is 1. The number of rotatable bonds is 8. The lowest BCUT2D eigenvalue weighted by Crippen LogP contribution is -2.25. The molecule has 1 atom stereocenters. The van der Waals surface area contributed by atoms with Gasteiger partial charge in [-0.15, -0.1) is 0 Å². The zero-order valence-corrected chi connectivity index (χ0v) is 11.1. The maximum atomic E-state index is 11.1. The molecule has 0 fully saturated rings. The van der Waals surface area contributed by atoms with Gasteiger partial charge in [0.2, 0.25) is 0 Å². The summed E-state index contributed by atoms with van der Waals surface area (Å²) in [5, 5.41) is 0. The van der Waals surface area contributed by atoms with Crippen LogP contribution in [0.2, 0.25) is 0 Å². The Labute approximate surface area is 97.5 Å². The Kier molecular flexibility index (Phi) is 8.91. The van der Waals surface area contributed by atoms with Gasteiger partial charge in [0.25, 0.3) is 0 Å². The summed E-state index contributed by atoms with van der Waals surface area (Å²) in [6.45, 7) is 9.56. The summed E-state index contributed by atoms with van der Waals surface area (Å²) in [6.07, 6.45) is 0. The van der Waals surface area contributed by atoms with Crippen molar-refractivity contribution in [3.05, 3.63) is 0 Å². The second kappa shape index (κ2) is 9.04. The maximum Gasteiger partial charge on any atom is 0.309 e. The van der Waals surface area contributed by atoms with Crippen molar-refractivity contribution >= 4 is 17.7 Å². The molecule has 15 heavy (non-hydrogen) atoms. The van der Waals surface area contributed by atoms with E-state index in [0.29, 0.717) is 0 Å². The molecule has 90 valence electrons. The van der Waals surface area contributed by atoms with E-state index in [4.69, 9.17) is 0 Å². The summed E-state index contributed by atoms with van der Waals surface area (Å²) < 4.78 is 4.67. The number of ether oxygens (including phenoxy) is 1. The monoisotopic (exact) mass is 233 g/mol. The molecule has 0 bridgehead atoms. The molecule has 0 spiro atoms. The van der Waals surface area contributed by atoms with Crippen LogP contribution < -0.4 is 0 Å². The van der Waals surface area contributed by atoms with Crippen molar-refractivity contribution in [1.82, 2.24) is 4.90 Å². The Balaban J connectivity index is 3.49. The highest BCUT2D eigenvalue weighted by Gasteiger charge is 2.12. The fraction of sp³-hybridized carbons (Fsp3) is 0.909. The van der Waals surface area contributed by atoms with E-state index in [1.165, 1.54) is 7.11 Å². The van der Waals surface area contributed by atoms with Gasteiger partial charge in [-0.1, -0.05) is 20.8 Å². The summed E-state index contributed by atoms with van der Waals surface area (Å²) in [5.41, 5.74) is 0.